The Morgan fingerprint density at radius 2 is 2.17 bits per heavy atom. The first-order valence-corrected chi connectivity index (χ1v) is 6.67. The fraction of sp³-hybridized carbons (Fsp3) is 0.923. The largest absolute Gasteiger partial charge is 0.481 e. The van der Waals surface area contributed by atoms with Crippen LogP contribution in [0.3, 0.4) is 0 Å². The molecule has 2 unspecified atom stereocenters. The molecule has 1 aliphatic rings. The van der Waals surface area contributed by atoms with Crippen molar-refractivity contribution < 1.29 is 19.4 Å². The second kappa shape index (κ2) is 8.45. The Labute approximate surface area is 109 Å². The van der Waals surface area contributed by atoms with Gasteiger partial charge in [0.2, 0.25) is 0 Å². The molecule has 1 N–H and O–H groups in total. The molecule has 1 fully saturated rings. The summed E-state index contributed by atoms with van der Waals surface area (Å²) in [4.78, 5) is 13.3. The van der Waals surface area contributed by atoms with E-state index in [1.54, 1.807) is 7.11 Å². The van der Waals surface area contributed by atoms with Crippen molar-refractivity contribution in [2.45, 2.75) is 19.8 Å². The molecule has 0 spiro atoms. The van der Waals surface area contributed by atoms with E-state index in [0.717, 1.165) is 39.1 Å². The molecule has 1 rings (SSSR count). The molecule has 1 saturated heterocycles. The fourth-order valence-electron chi connectivity index (χ4n) is 2.44. The number of carboxylic acid groups (broad SMARTS) is 1. The molecule has 5 nitrogen and oxygen atoms in total. The van der Waals surface area contributed by atoms with Crippen LogP contribution in [0.1, 0.15) is 19.8 Å². The highest BCUT2D eigenvalue weighted by atomic mass is 16.5. The summed E-state index contributed by atoms with van der Waals surface area (Å²) in [7, 11) is 1.66. The number of likely N-dealkylation sites (tertiary alicyclic amines) is 1. The van der Waals surface area contributed by atoms with Crippen LogP contribution in [0.25, 0.3) is 0 Å². The van der Waals surface area contributed by atoms with Crippen LogP contribution in [-0.4, -0.2) is 62.5 Å². The van der Waals surface area contributed by atoms with Crippen molar-refractivity contribution in [1.82, 2.24) is 4.90 Å². The lowest BCUT2D eigenvalue weighted by molar-refractivity contribution is -0.145. The number of hydrogen-bond acceptors (Lipinski definition) is 4. The molecule has 0 radical (unpaired) electrons. The van der Waals surface area contributed by atoms with Crippen LogP contribution in [0, 0.1) is 11.8 Å². The van der Waals surface area contributed by atoms with Crippen LogP contribution in [0.2, 0.25) is 0 Å². The summed E-state index contributed by atoms with van der Waals surface area (Å²) in [6, 6.07) is 0. The molecule has 0 aromatic heterocycles. The number of ether oxygens (including phenoxy) is 2. The molecule has 1 heterocycles. The van der Waals surface area contributed by atoms with Crippen molar-refractivity contribution in [3.8, 4) is 0 Å². The second-order valence-corrected chi connectivity index (χ2v) is 4.97. The molecule has 18 heavy (non-hydrogen) atoms. The highest BCUT2D eigenvalue weighted by molar-refractivity contribution is 5.70. The number of nitrogens with zero attached hydrogens (tertiary/aromatic N) is 1. The van der Waals surface area contributed by atoms with E-state index < -0.39 is 5.97 Å². The van der Waals surface area contributed by atoms with Gasteiger partial charge in [0.05, 0.1) is 19.1 Å². The SMILES string of the molecule is COCCOCCCN1CCC(C(=O)O)C(C)C1. The zero-order chi connectivity index (χ0) is 13.4. The van der Waals surface area contributed by atoms with Crippen LogP contribution < -0.4 is 0 Å². The van der Waals surface area contributed by atoms with E-state index in [0.29, 0.717) is 13.2 Å². The molecule has 106 valence electrons. The number of methoxy groups -OCH3 is 1. The van der Waals surface area contributed by atoms with Crippen molar-refractivity contribution in [1.29, 1.82) is 0 Å². The molecule has 0 bridgehead atoms. The van der Waals surface area contributed by atoms with E-state index in [1.807, 2.05) is 6.92 Å². The van der Waals surface area contributed by atoms with Crippen molar-refractivity contribution in [3.63, 3.8) is 0 Å². The van der Waals surface area contributed by atoms with E-state index >= 15 is 0 Å². The van der Waals surface area contributed by atoms with Crippen LogP contribution >= 0.6 is 0 Å². The quantitative estimate of drug-likeness (QED) is 0.661. The molecule has 1 aliphatic heterocycles. The first-order chi connectivity index (χ1) is 8.65. The molecule has 0 saturated carbocycles. The third kappa shape index (κ3) is 5.33. The maximum absolute atomic E-state index is 11.0. The summed E-state index contributed by atoms with van der Waals surface area (Å²) in [5.74, 6) is -0.574. The highest BCUT2D eigenvalue weighted by Crippen LogP contribution is 2.23. The fourth-order valence-corrected chi connectivity index (χ4v) is 2.44. The topological polar surface area (TPSA) is 59.0 Å². The van der Waals surface area contributed by atoms with Crippen LogP contribution in [0.4, 0.5) is 0 Å². The lowest BCUT2D eigenvalue weighted by Gasteiger charge is -2.34. The van der Waals surface area contributed by atoms with Crippen LogP contribution in [0.5, 0.6) is 0 Å². The van der Waals surface area contributed by atoms with Crippen molar-refractivity contribution in [3.05, 3.63) is 0 Å². The number of carbonyl (C=O) groups is 1. The van der Waals surface area contributed by atoms with Gasteiger partial charge in [0.25, 0.3) is 0 Å². The Morgan fingerprint density at radius 1 is 1.39 bits per heavy atom. The molecular formula is C13H25NO4. The van der Waals surface area contributed by atoms with Gasteiger partial charge in [-0.1, -0.05) is 6.92 Å². The summed E-state index contributed by atoms with van der Waals surface area (Å²) in [5.41, 5.74) is 0. The third-order valence-corrected chi connectivity index (χ3v) is 3.50. The number of carboxylic acids is 1. The van der Waals surface area contributed by atoms with Gasteiger partial charge >= 0.3 is 5.97 Å². The summed E-state index contributed by atoms with van der Waals surface area (Å²) in [6.45, 7) is 6.82. The molecule has 2 atom stereocenters. The Morgan fingerprint density at radius 3 is 2.78 bits per heavy atom. The zero-order valence-electron chi connectivity index (χ0n) is 11.4. The lowest BCUT2D eigenvalue weighted by Crippen LogP contribution is -2.42. The monoisotopic (exact) mass is 259 g/mol. The normalized spacial score (nSPS) is 25.2. The smallest absolute Gasteiger partial charge is 0.306 e. The third-order valence-electron chi connectivity index (χ3n) is 3.50. The average Bonchev–Trinajstić information content (AvgIpc) is 2.33. The number of aliphatic carboxylic acids is 1. The number of rotatable bonds is 8. The molecular weight excluding hydrogens is 234 g/mol. The lowest BCUT2D eigenvalue weighted by atomic mass is 9.87. The van der Waals surface area contributed by atoms with Crippen LogP contribution in [0.15, 0.2) is 0 Å². The Kier molecular flexibility index (Phi) is 7.23. The average molecular weight is 259 g/mol. The van der Waals surface area contributed by atoms with Crippen molar-refractivity contribution in [2.75, 3.05) is 46.6 Å². The Hall–Kier alpha value is -0.650. The van der Waals surface area contributed by atoms with Gasteiger partial charge in [0, 0.05) is 26.8 Å². The van der Waals surface area contributed by atoms with Gasteiger partial charge in [-0.05, 0) is 25.3 Å². The Bertz CT molecular complexity index is 247. The maximum atomic E-state index is 11.0. The van der Waals surface area contributed by atoms with Gasteiger partial charge in [-0.2, -0.15) is 0 Å². The van der Waals surface area contributed by atoms with Gasteiger partial charge in [-0.3, -0.25) is 4.79 Å². The highest BCUT2D eigenvalue weighted by Gasteiger charge is 2.30. The summed E-state index contributed by atoms with van der Waals surface area (Å²) in [6.07, 6.45) is 1.76. The maximum Gasteiger partial charge on any atom is 0.306 e. The molecule has 0 aromatic carbocycles. The minimum Gasteiger partial charge on any atom is -0.481 e. The van der Waals surface area contributed by atoms with Gasteiger partial charge in [0.15, 0.2) is 0 Å². The second-order valence-electron chi connectivity index (χ2n) is 4.97. The number of piperidine rings is 1. The minimum absolute atomic E-state index is 0.167. The predicted octanol–water partition coefficient (Wildman–Crippen LogP) is 1.08. The minimum atomic E-state index is -0.648. The molecule has 0 aromatic rings. The summed E-state index contributed by atoms with van der Waals surface area (Å²) < 4.78 is 10.3. The van der Waals surface area contributed by atoms with E-state index in [-0.39, 0.29) is 11.8 Å². The van der Waals surface area contributed by atoms with Crippen molar-refractivity contribution in [2.24, 2.45) is 11.8 Å². The van der Waals surface area contributed by atoms with E-state index in [4.69, 9.17) is 14.6 Å². The van der Waals surface area contributed by atoms with Crippen molar-refractivity contribution >= 4 is 5.97 Å². The molecule has 0 aliphatic carbocycles. The van der Waals surface area contributed by atoms with Gasteiger partial charge in [-0.25, -0.2) is 0 Å². The van der Waals surface area contributed by atoms with Gasteiger partial charge in [-0.15, -0.1) is 0 Å². The van der Waals surface area contributed by atoms with E-state index in [1.165, 1.54) is 0 Å². The van der Waals surface area contributed by atoms with Gasteiger partial charge in [0.1, 0.15) is 0 Å². The molecule has 5 heteroatoms. The van der Waals surface area contributed by atoms with E-state index in [2.05, 4.69) is 4.90 Å². The van der Waals surface area contributed by atoms with E-state index in [9.17, 15) is 4.79 Å². The predicted molar refractivity (Wildman–Crippen MR) is 68.7 cm³/mol. The number of hydrogen-bond donors (Lipinski definition) is 1. The zero-order valence-corrected chi connectivity index (χ0v) is 11.4. The van der Waals surface area contributed by atoms with Crippen LogP contribution in [-0.2, 0) is 14.3 Å². The first-order valence-electron chi connectivity index (χ1n) is 6.67. The summed E-state index contributed by atoms with van der Waals surface area (Å²) in [5, 5.41) is 9.04. The standard InChI is InChI=1S/C13H25NO4/c1-11-10-14(6-4-12(11)13(15)16)5-3-7-18-9-8-17-2/h11-12H,3-10H2,1-2H3,(H,15,16). The first kappa shape index (κ1) is 15.4. The van der Waals surface area contributed by atoms with Gasteiger partial charge < -0.3 is 19.5 Å². The Balaban J connectivity index is 2.09. The molecule has 0 amide bonds. The summed E-state index contributed by atoms with van der Waals surface area (Å²) >= 11 is 0.